The van der Waals surface area contributed by atoms with E-state index in [2.05, 4.69) is 19.2 Å². The maximum atomic E-state index is 13.9. The van der Waals surface area contributed by atoms with Gasteiger partial charge in [-0.25, -0.2) is 14.2 Å². The fourth-order valence-electron chi connectivity index (χ4n) is 1.74. The van der Waals surface area contributed by atoms with Gasteiger partial charge in [0.25, 0.3) is 0 Å². The van der Waals surface area contributed by atoms with Crippen LogP contribution in [-0.2, 0) is 14.2 Å². The van der Waals surface area contributed by atoms with Crippen molar-refractivity contribution in [1.29, 1.82) is 0 Å². The number of nitrogens with zero attached hydrogens (tertiary/aromatic N) is 1. The van der Waals surface area contributed by atoms with Crippen molar-refractivity contribution >= 4 is 11.8 Å². The lowest BCUT2D eigenvalue weighted by atomic mass is 10.1. The van der Waals surface area contributed by atoms with Crippen LogP contribution in [0, 0.1) is 5.82 Å². The Morgan fingerprint density at radius 2 is 1.79 bits per heavy atom. The Balaban J connectivity index is 0.000000413. The SMILES string of the molecule is COC(=O)c1ccc(-c2cccc(N)n2)c(F)c1.COCCOC. The van der Waals surface area contributed by atoms with Crippen LogP contribution in [0.3, 0.4) is 0 Å². The zero-order valence-corrected chi connectivity index (χ0v) is 13.9. The number of aromatic nitrogens is 1. The number of halogens is 1. The van der Waals surface area contributed by atoms with E-state index in [4.69, 9.17) is 5.73 Å². The van der Waals surface area contributed by atoms with Crippen LogP contribution in [0.25, 0.3) is 11.3 Å². The fourth-order valence-corrected chi connectivity index (χ4v) is 1.74. The number of hydrogen-bond acceptors (Lipinski definition) is 6. The number of benzene rings is 1. The largest absolute Gasteiger partial charge is 0.465 e. The predicted octanol–water partition coefficient (Wildman–Crippen LogP) is 2.54. The minimum atomic E-state index is -0.582. The van der Waals surface area contributed by atoms with Crippen molar-refractivity contribution in [3.05, 3.63) is 47.8 Å². The first kappa shape index (κ1) is 19.5. The molecule has 0 saturated carbocycles. The van der Waals surface area contributed by atoms with Crippen molar-refractivity contribution < 1.29 is 23.4 Å². The van der Waals surface area contributed by atoms with Gasteiger partial charge in [0.1, 0.15) is 11.6 Å². The van der Waals surface area contributed by atoms with Crippen LogP contribution in [-0.4, -0.2) is 45.5 Å². The number of nitrogen functional groups attached to an aromatic ring is 1. The molecule has 2 N–H and O–H groups in total. The van der Waals surface area contributed by atoms with Crippen molar-refractivity contribution in [2.45, 2.75) is 0 Å². The summed E-state index contributed by atoms with van der Waals surface area (Å²) in [4.78, 5) is 15.3. The summed E-state index contributed by atoms with van der Waals surface area (Å²) in [5.74, 6) is -0.819. The Bertz CT molecular complexity index is 661. The first-order valence-electron chi connectivity index (χ1n) is 7.12. The fraction of sp³-hybridized carbons (Fsp3) is 0.294. The molecule has 24 heavy (non-hydrogen) atoms. The number of nitrogens with two attached hydrogens (primary N) is 1. The van der Waals surface area contributed by atoms with Crippen LogP contribution >= 0.6 is 0 Å². The number of methoxy groups -OCH3 is 3. The summed E-state index contributed by atoms with van der Waals surface area (Å²) in [6.07, 6.45) is 0. The summed E-state index contributed by atoms with van der Waals surface area (Å²) in [5.41, 5.74) is 6.40. The zero-order valence-electron chi connectivity index (χ0n) is 13.9. The first-order chi connectivity index (χ1) is 11.5. The molecule has 2 rings (SSSR count). The highest BCUT2D eigenvalue weighted by atomic mass is 19.1. The second-order valence-electron chi connectivity index (χ2n) is 4.62. The minimum Gasteiger partial charge on any atom is -0.465 e. The van der Waals surface area contributed by atoms with E-state index in [1.54, 1.807) is 32.4 Å². The quantitative estimate of drug-likeness (QED) is 0.667. The summed E-state index contributed by atoms with van der Waals surface area (Å²) < 4.78 is 27.7. The molecular weight excluding hydrogens is 315 g/mol. The number of rotatable bonds is 5. The molecule has 6 nitrogen and oxygen atoms in total. The van der Waals surface area contributed by atoms with E-state index in [-0.39, 0.29) is 11.1 Å². The second-order valence-corrected chi connectivity index (χ2v) is 4.62. The maximum Gasteiger partial charge on any atom is 0.337 e. The second kappa shape index (κ2) is 10.3. The van der Waals surface area contributed by atoms with Gasteiger partial charge in [-0.3, -0.25) is 0 Å². The lowest BCUT2D eigenvalue weighted by molar-refractivity contribution is 0.0600. The zero-order chi connectivity index (χ0) is 17.9. The molecule has 0 aliphatic heterocycles. The van der Waals surface area contributed by atoms with Gasteiger partial charge in [0.15, 0.2) is 0 Å². The molecule has 0 radical (unpaired) electrons. The third kappa shape index (κ3) is 5.94. The van der Waals surface area contributed by atoms with Crippen molar-refractivity contribution in [2.24, 2.45) is 0 Å². The molecule has 1 heterocycles. The molecule has 0 aliphatic rings. The van der Waals surface area contributed by atoms with E-state index in [1.165, 1.54) is 19.2 Å². The van der Waals surface area contributed by atoms with Gasteiger partial charge >= 0.3 is 5.97 Å². The third-order valence-corrected chi connectivity index (χ3v) is 2.93. The van der Waals surface area contributed by atoms with Crippen LogP contribution < -0.4 is 5.73 Å². The van der Waals surface area contributed by atoms with Gasteiger partial charge in [0, 0.05) is 19.8 Å². The van der Waals surface area contributed by atoms with Crippen LogP contribution in [0.15, 0.2) is 36.4 Å². The van der Waals surface area contributed by atoms with Crippen molar-refractivity contribution in [1.82, 2.24) is 4.98 Å². The normalized spacial score (nSPS) is 9.83. The number of anilines is 1. The van der Waals surface area contributed by atoms with Gasteiger partial charge in [-0.2, -0.15) is 0 Å². The number of esters is 1. The van der Waals surface area contributed by atoms with E-state index < -0.39 is 11.8 Å². The number of hydrogen-bond donors (Lipinski definition) is 1. The van der Waals surface area contributed by atoms with Crippen LogP contribution in [0.4, 0.5) is 10.2 Å². The van der Waals surface area contributed by atoms with Crippen LogP contribution in [0.2, 0.25) is 0 Å². The predicted molar refractivity (Wildman–Crippen MR) is 89.1 cm³/mol. The number of carbonyl (C=O) groups is 1. The number of pyridine rings is 1. The molecular formula is C17H21FN2O4. The molecule has 7 heteroatoms. The minimum absolute atomic E-state index is 0.155. The number of carbonyl (C=O) groups excluding carboxylic acids is 1. The first-order valence-corrected chi connectivity index (χ1v) is 7.12. The molecule has 0 spiro atoms. The van der Waals surface area contributed by atoms with E-state index >= 15 is 0 Å². The lowest BCUT2D eigenvalue weighted by Crippen LogP contribution is -2.02. The average Bonchev–Trinajstić information content (AvgIpc) is 2.59. The molecule has 1 aromatic heterocycles. The van der Waals surface area contributed by atoms with Gasteiger partial charge < -0.3 is 19.9 Å². The Morgan fingerprint density at radius 3 is 2.29 bits per heavy atom. The molecule has 0 fully saturated rings. The Labute approximate surface area is 140 Å². The van der Waals surface area contributed by atoms with Crippen LogP contribution in [0.1, 0.15) is 10.4 Å². The average molecular weight is 336 g/mol. The van der Waals surface area contributed by atoms with E-state index in [0.29, 0.717) is 24.7 Å². The van der Waals surface area contributed by atoms with Gasteiger partial charge in [-0.1, -0.05) is 6.07 Å². The third-order valence-electron chi connectivity index (χ3n) is 2.93. The van der Waals surface area contributed by atoms with Gasteiger partial charge in [0.05, 0.1) is 31.6 Å². The van der Waals surface area contributed by atoms with Crippen LogP contribution in [0.5, 0.6) is 0 Å². The highest BCUT2D eigenvalue weighted by Gasteiger charge is 2.11. The smallest absolute Gasteiger partial charge is 0.337 e. The molecule has 0 aliphatic carbocycles. The summed E-state index contributed by atoms with van der Waals surface area (Å²) >= 11 is 0. The maximum absolute atomic E-state index is 13.9. The van der Waals surface area contributed by atoms with E-state index in [1.807, 2.05) is 0 Å². The van der Waals surface area contributed by atoms with E-state index in [0.717, 1.165) is 6.07 Å². The Morgan fingerprint density at radius 1 is 1.12 bits per heavy atom. The molecule has 0 atom stereocenters. The van der Waals surface area contributed by atoms with Gasteiger partial charge in [-0.05, 0) is 30.3 Å². The topological polar surface area (TPSA) is 83.7 Å². The number of ether oxygens (including phenoxy) is 3. The summed E-state index contributed by atoms with van der Waals surface area (Å²) in [6.45, 7) is 1.38. The highest BCUT2D eigenvalue weighted by Crippen LogP contribution is 2.22. The van der Waals surface area contributed by atoms with Gasteiger partial charge in [-0.15, -0.1) is 0 Å². The van der Waals surface area contributed by atoms with E-state index in [9.17, 15) is 9.18 Å². The molecule has 0 unspecified atom stereocenters. The lowest BCUT2D eigenvalue weighted by Gasteiger charge is -2.05. The standard InChI is InChI=1S/C13H11FN2O2.C4H10O2/c1-18-13(17)8-5-6-9(10(14)7-8)11-3-2-4-12(15)16-11;1-5-3-4-6-2/h2-7H,1H3,(H2,15,16);3-4H2,1-2H3. The molecule has 1 aromatic carbocycles. The summed E-state index contributed by atoms with van der Waals surface area (Å²) in [6, 6.07) is 9.02. The molecule has 2 aromatic rings. The molecule has 130 valence electrons. The van der Waals surface area contributed by atoms with Crippen molar-refractivity contribution in [3.8, 4) is 11.3 Å². The van der Waals surface area contributed by atoms with Crippen molar-refractivity contribution in [2.75, 3.05) is 40.3 Å². The monoisotopic (exact) mass is 336 g/mol. The molecule has 0 amide bonds. The Hall–Kier alpha value is -2.51. The van der Waals surface area contributed by atoms with Crippen molar-refractivity contribution in [3.63, 3.8) is 0 Å². The highest BCUT2D eigenvalue weighted by molar-refractivity contribution is 5.90. The summed E-state index contributed by atoms with van der Waals surface area (Å²) in [7, 11) is 4.55. The molecule has 0 bridgehead atoms. The Kier molecular flexibility index (Phi) is 8.38. The molecule has 0 saturated heterocycles. The van der Waals surface area contributed by atoms with Gasteiger partial charge in [0.2, 0.25) is 0 Å². The summed E-state index contributed by atoms with van der Waals surface area (Å²) in [5, 5.41) is 0.